The van der Waals surface area contributed by atoms with Crippen LogP contribution >= 0.6 is 0 Å². The van der Waals surface area contributed by atoms with E-state index in [1.165, 1.54) is 16.6 Å². The van der Waals surface area contributed by atoms with Crippen molar-refractivity contribution in [3.05, 3.63) is 56.7 Å². The van der Waals surface area contributed by atoms with Gasteiger partial charge in [0, 0.05) is 19.7 Å². The first-order valence-electron chi connectivity index (χ1n) is 10.6. The van der Waals surface area contributed by atoms with E-state index in [0.29, 0.717) is 6.04 Å². The zero-order valence-electron chi connectivity index (χ0n) is 18.2. The fourth-order valence-corrected chi connectivity index (χ4v) is 3.96. The van der Waals surface area contributed by atoms with Gasteiger partial charge in [0.25, 0.3) is 5.56 Å². The first kappa shape index (κ1) is 22.8. The molecule has 1 saturated heterocycles. The van der Waals surface area contributed by atoms with Crippen molar-refractivity contribution in [3.8, 4) is 0 Å². The summed E-state index contributed by atoms with van der Waals surface area (Å²) < 4.78 is 6.44. The van der Waals surface area contributed by atoms with Gasteiger partial charge < -0.3 is 15.4 Å². The maximum absolute atomic E-state index is 13.3. The lowest BCUT2D eigenvalue weighted by Gasteiger charge is -2.34. The van der Waals surface area contributed by atoms with Crippen molar-refractivity contribution >= 4 is 17.4 Å². The van der Waals surface area contributed by atoms with Crippen molar-refractivity contribution < 1.29 is 9.53 Å². The Morgan fingerprint density at radius 1 is 1.26 bits per heavy atom. The van der Waals surface area contributed by atoms with Crippen molar-refractivity contribution in [3.63, 3.8) is 0 Å². The number of aromatic amines is 1. The number of nitrogen functional groups attached to an aromatic ring is 1. The molecule has 0 spiro atoms. The highest BCUT2D eigenvalue weighted by Crippen LogP contribution is 2.20. The number of nitrogens with two attached hydrogens (primary N) is 1. The third-order valence-electron chi connectivity index (χ3n) is 5.77. The molecule has 1 atom stereocenters. The van der Waals surface area contributed by atoms with Gasteiger partial charge in [-0.05, 0) is 31.9 Å². The molecule has 3 N–H and O–H groups in total. The summed E-state index contributed by atoms with van der Waals surface area (Å²) in [5, 5.41) is 0. The first-order valence-corrected chi connectivity index (χ1v) is 10.6. The Balaban J connectivity index is 1.96. The van der Waals surface area contributed by atoms with E-state index < -0.39 is 11.2 Å². The second-order valence-electron chi connectivity index (χ2n) is 7.92. The molecule has 2 heterocycles. The molecule has 2 aromatic rings. The Labute approximate surface area is 181 Å². The van der Waals surface area contributed by atoms with E-state index in [1.54, 1.807) is 0 Å². The maximum Gasteiger partial charge on any atom is 0.330 e. The number of piperidine rings is 1. The number of carbonyl (C=O) groups is 1. The Morgan fingerprint density at radius 3 is 2.68 bits per heavy atom. The van der Waals surface area contributed by atoms with E-state index in [2.05, 4.69) is 16.8 Å². The molecule has 0 bridgehead atoms. The summed E-state index contributed by atoms with van der Waals surface area (Å²) in [6.45, 7) is 3.70. The number of aromatic nitrogens is 2. The minimum absolute atomic E-state index is 0.0118. The van der Waals surface area contributed by atoms with E-state index in [9.17, 15) is 14.4 Å². The normalized spacial score (nSPS) is 16.9. The molecule has 0 radical (unpaired) electrons. The lowest BCUT2D eigenvalue weighted by atomic mass is 10.0. The predicted octanol–water partition coefficient (Wildman–Crippen LogP) is 1.02. The summed E-state index contributed by atoms with van der Waals surface area (Å²) in [5.74, 6) is -0.276. The summed E-state index contributed by atoms with van der Waals surface area (Å²) in [6, 6.07) is 9.62. The van der Waals surface area contributed by atoms with Gasteiger partial charge >= 0.3 is 5.69 Å². The van der Waals surface area contributed by atoms with Crippen molar-refractivity contribution in [1.82, 2.24) is 14.5 Å². The molecular formula is C22H31N5O4. The molecule has 1 aliphatic heterocycles. The number of rotatable bonds is 8. The molecule has 1 aliphatic rings. The monoisotopic (exact) mass is 429 g/mol. The zero-order chi connectivity index (χ0) is 22.4. The topological polar surface area (TPSA) is 114 Å². The average molecular weight is 430 g/mol. The smallest absolute Gasteiger partial charge is 0.330 e. The predicted molar refractivity (Wildman–Crippen MR) is 120 cm³/mol. The van der Waals surface area contributed by atoms with E-state index in [0.717, 1.165) is 31.4 Å². The molecule has 0 aliphatic carbocycles. The number of ether oxygens (including phenoxy) is 1. The second kappa shape index (κ2) is 10.4. The van der Waals surface area contributed by atoms with Crippen LogP contribution < -0.4 is 21.9 Å². The van der Waals surface area contributed by atoms with Gasteiger partial charge in [-0.2, -0.15) is 0 Å². The third kappa shape index (κ3) is 5.42. The highest BCUT2D eigenvalue weighted by molar-refractivity contribution is 5.96. The molecule has 1 unspecified atom stereocenters. The van der Waals surface area contributed by atoms with Gasteiger partial charge in [-0.1, -0.05) is 36.8 Å². The van der Waals surface area contributed by atoms with Crippen LogP contribution in [0.25, 0.3) is 0 Å². The SMILES string of the molecule is COCCN(C(=O)CN1CCCCC1C)c1c(N)n(Cc2ccccc2)c(=O)[nH]c1=O. The Morgan fingerprint density at radius 2 is 2.00 bits per heavy atom. The van der Waals surface area contributed by atoms with Crippen LogP contribution in [-0.4, -0.2) is 59.8 Å². The van der Waals surface area contributed by atoms with Crippen LogP contribution in [0.2, 0.25) is 0 Å². The minimum atomic E-state index is -0.678. The van der Waals surface area contributed by atoms with Crippen LogP contribution in [0, 0.1) is 0 Å². The highest BCUT2D eigenvalue weighted by atomic mass is 16.5. The standard InChI is InChI=1S/C22H31N5O4/c1-16-8-6-7-11-25(16)15-18(28)26(12-13-31-2)19-20(23)27(22(30)24-21(19)29)14-17-9-4-3-5-10-17/h3-5,9-10,16H,6-8,11-15,23H2,1-2H3,(H,24,29,30). The second-order valence-corrected chi connectivity index (χ2v) is 7.92. The number of carbonyl (C=O) groups excluding carboxylic acids is 1. The largest absolute Gasteiger partial charge is 0.383 e. The van der Waals surface area contributed by atoms with Crippen LogP contribution in [0.1, 0.15) is 31.7 Å². The van der Waals surface area contributed by atoms with Crippen LogP contribution in [0.3, 0.4) is 0 Å². The fourth-order valence-electron chi connectivity index (χ4n) is 3.96. The van der Waals surface area contributed by atoms with Crippen LogP contribution in [-0.2, 0) is 16.1 Å². The van der Waals surface area contributed by atoms with Gasteiger partial charge in [0.2, 0.25) is 5.91 Å². The summed E-state index contributed by atoms with van der Waals surface area (Å²) in [6.07, 6.45) is 3.23. The van der Waals surface area contributed by atoms with Gasteiger partial charge in [-0.3, -0.25) is 24.0 Å². The number of nitrogens with one attached hydrogen (secondary N) is 1. The van der Waals surface area contributed by atoms with Gasteiger partial charge in [0.1, 0.15) is 5.82 Å². The number of amides is 1. The number of anilines is 2. The van der Waals surface area contributed by atoms with Gasteiger partial charge in [0.05, 0.1) is 19.7 Å². The number of hydrogen-bond donors (Lipinski definition) is 2. The third-order valence-corrected chi connectivity index (χ3v) is 5.77. The van der Waals surface area contributed by atoms with E-state index in [-0.39, 0.29) is 43.7 Å². The Bertz CT molecular complexity index is 1000. The molecule has 31 heavy (non-hydrogen) atoms. The number of likely N-dealkylation sites (tertiary alicyclic amines) is 1. The molecule has 0 saturated carbocycles. The quantitative estimate of drug-likeness (QED) is 0.648. The zero-order valence-corrected chi connectivity index (χ0v) is 18.2. The number of nitrogens with zero attached hydrogens (tertiary/aromatic N) is 3. The summed E-state index contributed by atoms with van der Waals surface area (Å²) in [7, 11) is 1.53. The van der Waals surface area contributed by atoms with Crippen molar-refractivity contribution in [2.75, 3.05) is 44.0 Å². The van der Waals surface area contributed by atoms with Crippen molar-refractivity contribution in [2.45, 2.75) is 38.8 Å². The van der Waals surface area contributed by atoms with Gasteiger partial charge in [0.15, 0.2) is 5.69 Å². The van der Waals surface area contributed by atoms with Crippen molar-refractivity contribution in [1.29, 1.82) is 0 Å². The number of methoxy groups -OCH3 is 1. The molecule has 9 heteroatoms. The van der Waals surface area contributed by atoms with Crippen molar-refractivity contribution in [2.24, 2.45) is 0 Å². The van der Waals surface area contributed by atoms with E-state index in [1.807, 2.05) is 30.3 Å². The fraction of sp³-hybridized carbons (Fsp3) is 0.500. The lowest BCUT2D eigenvalue weighted by Crippen LogP contribution is -2.49. The number of hydrogen-bond acceptors (Lipinski definition) is 6. The molecule has 1 fully saturated rings. The number of H-pyrrole nitrogens is 1. The van der Waals surface area contributed by atoms with Gasteiger partial charge in [-0.25, -0.2) is 4.79 Å². The van der Waals surface area contributed by atoms with Crippen LogP contribution in [0.5, 0.6) is 0 Å². The molecular weight excluding hydrogens is 398 g/mol. The maximum atomic E-state index is 13.3. The van der Waals surface area contributed by atoms with Crippen LogP contribution in [0.4, 0.5) is 11.5 Å². The van der Waals surface area contributed by atoms with Crippen LogP contribution in [0.15, 0.2) is 39.9 Å². The molecule has 168 valence electrons. The van der Waals surface area contributed by atoms with Gasteiger partial charge in [-0.15, -0.1) is 0 Å². The van der Waals surface area contributed by atoms with E-state index >= 15 is 0 Å². The number of benzene rings is 1. The molecule has 1 aromatic carbocycles. The summed E-state index contributed by atoms with van der Waals surface area (Å²) in [5.41, 5.74) is 5.85. The molecule has 9 nitrogen and oxygen atoms in total. The molecule has 1 aromatic heterocycles. The Kier molecular flexibility index (Phi) is 7.64. The minimum Gasteiger partial charge on any atom is -0.383 e. The highest BCUT2D eigenvalue weighted by Gasteiger charge is 2.28. The molecule has 3 rings (SSSR count). The first-order chi connectivity index (χ1) is 14.9. The van der Waals surface area contributed by atoms with E-state index in [4.69, 9.17) is 10.5 Å². The summed E-state index contributed by atoms with van der Waals surface area (Å²) >= 11 is 0. The summed E-state index contributed by atoms with van der Waals surface area (Å²) in [4.78, 5) is 44.2. The Hall–Kier alpha value is -2.91. The lowest BCUT2D eigenvalue weighted by molar-refractivity contribution is -0.120. The average Bonchev–Trinajstić information content (AvgIpc) is 2.75. The molecule has 1 amide bonds.